The minimum Gasteiger partial charge on any atom is -0.324 e. The number of nitrogens with zero attached hydrogens (tertiary/aromatic N) is 1. The summed E-state index contributed by atoms with van der Waals surface area (Å²) in [5.41, 5.74) is 0. The zero-order valence-electron chi connectivity index (χ0n) is 9.29. The van der Waals surface area contributed by atoms with Gasteiger partial charge < -0.3 is 9.79 Å². The van der Waals surface area contributed by atoms with Crippen LogP contribution in [0.3, 0.4) is 0 Å². The Bertz CT molecular complexity index is 254. The molecule has 0 spiro atoms. The van der Waals surface area contributed by atoms with E-state index in [4.69, 9.17) is 9.79 Å². The molecule has 0 aromatic rings. The predicted octanol–water partition coefficient (Wildman–Crippen LogP) is 1.72. The summed E-state index contributed by atoms with van der Waals surface area (Å²) in [5.74, 6) is 0. The molecule has 0 amide bonds. The second kappa shape index (κ2) is 9.03. The van der Waals surface area contributed by atoms with Crippen molar-refractivity contribution in [2.45, 2.75) is 12.8 Å². The van der Waals surface area contributed by atoms with Crippen LogP contribution in [0.25, 0.3) is 0 Å². The van der Waals surface area contributed by atoms with Crippen molar-refractivity contribution in [3.05, 3.63) is 12.7 Å². The van der Waals surface area contributed by atoms with Gasteiger partial charge in [0, 0.05) is 12.7 Å². The van der Waals surface area contributed by atoms with Gasteiger partial charge in [-0.15, -0.1) is 6.58 Å². The third kappa shape index (κ3) is 10.5. The quantitative estimate of drug-likeness (QED) is 0.358. The lowest BCUT2D eigenvalue weighted by Gasteiger charge is -2.19. The summed E-state index contributed by atoms with van der Waals surface area (Å²) in [5, 5.41) is 0. The Balaban J connectivity index is 3.79. The molecule has 94 valence electrons. The van der Waals surface area contributed by atoms with E-state index in [1.54, 1.807) is 6.08 Å². The van der Waals surface area contributed by atoms with E-state index in [0.29, 0.717) is 25.7 Å². The molecule has 5 nitrogen and oxygen atoms in total. The van der Waals surface area contributed by atoms with Crippen molar-refractivity contribution in [3.8, 4) is 0 Å². The predicted molar refractivity (Wildman–Crippen MR) is 65.3 cm³/mol. The van der Waals surface area contributed by atoms with Crippen LogP contribution in [-0.4, -0.2) is 46.6 Å². The molecule has 0 radical (unpaired) electrons. The molecule has 0 aliphatic heterocycles. The van der Waals surface area contributed by atoms with Crippen LogP contribution in [0.1, 0.15) is 12.8 Å². The van der Waals surface area contributed by atoms with Gasteiger partial charge in [-0.2, -0.15) is 0 Å². The van der Waals surface area contributed by atoms with Crippen LogP contribution in [0.4, 0.5) is 0 Å². The summed E-state index contributed by atoms with van der Waals surface area (Å²) in [6.07, 6.45) is 3.57. The molecule has 0 aromatic carbocycles. The standard InChI is InChI=1S/C9H19NO4P2/c1-2-5-10(6-3-8-15-11)7-4-9-16(12,13)14/h2H,1,3-9H2,(H2,12,13,14). The highest BCUT2D eigenvalue weighted by atomic mass is 31.2. The molecule has 0 heterocycles. The van der Waals surface area contributed by atoms with E-state index in [-0.39, 0.29) is 14.6 Å². The molecule has 0 aromatic heterocycles. The molecule has 2 N–H and O–H groups in total. The normalized spacial score (nSPS) is 12.2. The van der Waals surface area contributed by atoms with Crippen LogP contribution in [0.5, 0.6) is 0 Å². The van der Waals surface area contributed by atoms with E-state index in [2.05, 4.69) is 6.58 Å². The van der Waals surface area contributed by atoms with Crippen LogP contribution in [0, 0.1) is 0 Å². The van der Waals surface area contributed by atoms with Crippen molar-refractivity contribution in [1.82, 2.24) is 4.90 Å². The first-order valence-corrected chi connectivity index (χ1v) is 7.96. The monoisotopic (exact) mass is 267 g/mol. The third-order valence-corrected chi connectivity index (χ3v) is 3.43. The number of hydrogen-bond donors (Lipinski definition) is 2. The van der Waals surface area contributed by atoms with Gasteiger partial charge in [0.15, 0.2) is 8.46 Å². The third-order valence-electron chi connectivity index (χ3n) is 2.03. The lowest BCUT2D eigenvalue weighted by molar-refractivity contribution is 0.299. The van der Waals surface area contributed by atoms with Gasteiger partial charge in [0.1, 0.15) is 0 Å². The molecule has 0 unspecified atom stereocenters. The molecule has 7 heteroatoms. The Morgan fingerprint density at radius 1 is 1.31 bits per heavy atom. The topological polar surface area (TPSA) is 77.8 Å². The highest BCUT2D eigenvalue weighted by Crippen LogP contribution is 2.34. The Kier molecular flexibility index (Phi) is 9.00. The molecular formula is C9H19NO4P2. The van der Waals surface area contributed by atoms with Crippen LogP contribution < -0.4 is 0 Å². The molecule has 0 saturated heterocycles. The SMILES string of the molecule is C=CCN(CCCP=O)CCCP(=O)(O)O. The zero-order valence-corrected chi connectivity index (χ0v) is 11.1. The summed E-state index contributed by atoms with van der Waals surface area (Å²) in [4.78, 5) is 19.5. The summed E-state index contributed by atoms with van der Waals surface area (Å²) >= 11 is 0. The summed E-state index contributed by atoms with van der Waals surface area (Å²) in [7, 11) is -3.73. The second-order valence-corrected chi connectivity index (χ2v) is 6.02. The molecule has 0 rings (SSSR count). The van der Waals surface area contributed by atoms with Crippen LogP contribution in [-0.2, 0) is 9.13 Å². The number of rotatable bonds is 10. The Morgan fingerprint density at radius 3 is 2.44 bits per heavy atom. The van der Waals surface area contributed by atoms with E-state index in [1.807, 2.05) is 4.90 Å². The fourth-order valence-electron chi connectivity index (χ4n) is 1.34. The van der Waals surface area contributed by atoms with Crippen molar-refractivity contribution in [2.24, 2.45) is 0 Å². The van der Waals surface area contributed by atoms with Gasteiger partial charge in [-0.1, -0.05) is 6.08 Å². The first-order valence-electron chi connectivity index (χ1n) is 5.16. The van der Waals surface area contributed by atoms with Crippen LogP contribution in [0.15, 0.2) is 12.7 Å². The molecule has 0 bridgehead atoms. The largest absolute Gasteiger partial charge is 0.325 e. The van der Waals surface area contributed by atoms with Gasteiger partial charge in [-0.05, 0) is 25.9 Å². The molecule has 0 aliphatic carbocycles. The minimum atomic E-state index is -3.88. The molecule has 0 fully saturated rings. The van der Waals surface area contributed by atoms with Crippen LogP contribution in [0.2, 0.25) is 0 Å². The van der Waals surface area contributed by atoms with Crippen LogP contribution >= 0.6 is 16.1 Å². The average molecular weight is 267 g/mol. The molecule has 0 atom stereocenters. The average Bonchev–Trinajstić information content (AvgIpc) is 2.16. The van der Waals surface area contributed by atoms with E-state index >= 15 is 0 Å². The van der Waals surface area contributed by atoms with Gasteiger partial charge in [-0.25, -0.2) is 0 Å². The zero-order chi connectivity index (χ0) is 12.4. The highest BCUT2D eigenvalue weighted by molar-refractivity contribution is 7.51. The Hall–Kier alpha value is -0.0500. The van der Waals surface area contributed by atoms with Crippen molar-refractivity contribution >= 4 is 16.1 Å². The second-order valence-electron chi connectivity index (χ2n) is 3.54. The fraction of sp³-hybridized carbons (Fsp3) is 0.778. The summed E-state index contributed by atoms with van der Waals surface area (Å²) in [6.45, 7) is 5.73. The first-order chi connectivity index (χ1) is 7.49. The summed E-state index contributed by atoms with van der Waals surface area (Å²) < 4.78 is 20.9. The van der Waals surface area contributed by atoms with Gasteiger partial charge in [0.05, 0.1) is 6.16 Å². The molecule has 0 aliphatic rings. The molecule has 0 saturated carbocycles. The van der Waals surface area contributed by atoms with E-state index in [1.165, 1.54) is 0 Å². The maximum atomic E-state index is 10.6. The van der Waals surface area contributed by atoms with E-state index < -0.39 is 7.60 Å². The minimum absolute atomic E-state index is 0.0829. The lowest BCUT2D eigenvalue weighted by Crippen LogP contribution is -2.27. The molecule has 16 heavy (non-hydrogen) atoms. The van der Waals surface area contributed by atoms with E-state index in [0.717, 1.165) is 13.0 Å². The first kappa shape index (κ1) is 16.0. The fourth-order valence-corrected chi connectivity index (χ4v) is 2.16. The van der Waals surface area contributed by atoms with Gasteiger partial charge in [-0.3, -0.25) is 14.0 Å². The smallest absolute Gasteiger partial charge is 0.324 e. The lowest BCUT2D eigenvalue weighted by atomic mass is 10.3. The highest BCUT2D eigenvalue weighted by Gasteiger charge is 2.13. The van der Waals surface area contributed by atoms with Crippen molar-refractivity contribution in [2.75, 3.05) is 32.0 Å². The van der Waals surface area contributed by atoms with Crippen molar-refractivity contribution in [1.29, 1.82) is 0 Å². The summed E-state index contributed by atoms with van der Waals surface area (Å²) in [6, 6.07) is 0. The maximum Gasteiger partial charge on any atom is 0.325 e. The van der Waals surface area contributed by atoms with Gasteiger partial charge in [0.25, 0.3) is 0 Å². The Morgan fingerprint density at radius 2 is 1.94 bits per heavy atom. The Labute approximate surface area is 97.9 Å². The van der Waals surface area contributed by atoms with Crippen molar-refractivity contribution in [3.63, 3.8) is 0 Å². The maximum absolute atomic E-state index is 10.6. The van der Waals surface area contributed by atoms with E-state index in [9.17, 15) is 9.13 Å². The van der Waals surface area contributed by atoms with Crippen molar-refractivity contribution < 1.29 is 18.9 Å². The van der Waals surface area contributed by atoms with Gasteiger partial charge in [0.2, 0.25) is 0 Å². The molecular weight excluding hydrogens is 248 g/mol. The van der Waals surface area contributed by atoms with Gasteiger partial charge >= 0.3 is 7.60 Å². The number of hydrogen-bond acceptors (Lipinski definition) is 3.